The van der Waals surface area contributed by atoms with E-state index in [9.17, 15) is 53.1 Å². The van der Waals surface area contributed by atoms with Crippen molar-refractivity contribution in [3.05, 3.63) is 186 Å². The van der Waals surface area contributed by atoms with Crippen LogP contribution in [0.5, 0.6) is 0 Å². The van der Waals surface area contributed by atoms with Crippen molar-refractivity contribution >= 4 is 93.7 Å². The van der Waals surface area contributed by atoms with E-state index in [-0.39, 0.29) is 71.0 Å². The number of anilines is 4. The maximum atomic E-state index is 13.1. The number of aliphatic hydroxyl groups is 1. The fourth-order valence-electron chi connectivity index (χ4n) is 10.9. The number of hydrogen-bond donors (Lipinski definition) is 10. The number of fused-ring (bicyclic) bond motifs is 2. The van der Waals surface area contributed by atoms with Gasteiger partial charge in [-0.3, -0.25) is 49.4 Å². The average molecular weight is 1430 g/mol. The quantitative estimate of drug-likeness (QED) is 0.0104. The first kappa shape index (κ1) is 81.5. The summed E-state index contributed by atoms with van der Waals surface area (Å²) in [5.74, 6) is -0.585. The molecule has 2 aliphatic carbocycles. The SMILES string of the molecule is CCCC(=O)NC1=CC(=Nc2ccc(N(CC)CCO)cc2C)c2ccccc2C1=O.CCCC(=O)NC1=CC(=Nc2ccc(N(CC)CCOC(=O)NCCCCCCNC(=O)Nc3nc(C)cc(=O)[nH]3)cc2C)c2ccccc2C1=O.Cc1cc(=O)[nH]c(NC(=O)NCCCCCCN=C=O)n1. The van der Waals surface area contributed by atoms with E-state index in [1.165, 1.54) is 18.2 Å². The second kappa shape index (κ2) is 43.3. The number of nitrogens with one attached hydrogen (secondary N) is 9. The van der Waals surface area contributed by atoms with Crippen molar-refractivity contribution in [1.29, 1.82) is 0 Å². The predicted molar refractivity (Wildman–Crippen MR) is 404 cm³/mol. The van der Waals surface area contributed by atoms with Crippen LogP contribution in [0.15, 0.2) is 145 Å². The Kier molecular flexibility index (Phi) is 33.9. The number of likely N-dealkylation sites (N-methyl/N-ethyl adjacent to an activating group) is 2. The summed E-state index contributed by atoms with van der Waals surface area (Å²) in [6.45, 7) is 20.1. The summed E-state index contributed by atoms with van der Waals surface area (Å²) in [6.07, 6.45) is 13.3. The molecular weight excluding hydrogens is 1330 g/mol. The molecule has 0 saturated heterocycles. The summed E-state index contributed by atoms with van der Waals surface area (Å²) < 4.78 is 5.42. The highest BCUT2D eigenvalue weighted by Gasteiger charge is 2.27. The first-order chi connectivity index (χ1) is 50.2. The van der Waals surface area contributed by atoms with Crippen LogP contribution in [0.3, 0.4) is 0 Å². The number of ether oxygens (including phenoxy) is 1. The molecule has 0 radical (unpaired) electrons. The molecule has 0 fully saturated rings. The third-order valence-corrected chi connectivity index (χ3v) is 16.2. The number of allylic oxidation sites excluding steroid dienone is 4. The van der Waals surface area contributed by atoms with E-state index < -0.39 is 18.2 Å². The number of benzene rings is 4. The van der Waals surface area contributed by atoms with Crippen LogP contribution in [0.2, 0.25) is 0 Å². The summed E-state index contributed by atoms with van der Waals surface area (Å²) in [4.78, 5) is 149. The number of carbonyl (C=O) groups excluding carboxylic acids is 8. The lowest BCUT2D eigenvalue weighted by Crippen LogP contribution is -2.31. The number of H-pyrrole nitrogens is 2. The molecule has 8 rings (SSSR count). The number of urea groups is 2. The van der Waals surface area contributed by atoms with Crippen LogP contribution in [0.25, 0.3) is 0 Å². The Morgan fingerprint density at radius 1 is 0.529 bits per heavy atom. The Hall–Kier alpha value is -11.5. The zero-order chi connectivity index (χ0) is 75.3. The van der Waals surface area contributed by atoms with E-state index in [4.69, 9.17) is 14.7 Å². The zero-order valence-corrected chi connectivity index (χ0v) is 60.5. The molecular formula is C76H96N16O12. The van der Waals surface area contributed by atoms with Gasteiger partial charge in [0.15, 0.2) is 0 Å². The molecule has 0 atom stereocenters. The highest BCUT2D eigenvalue weighted by Crippen LogP contribution is 2.31. The number of aliphatic hydroxyl groups excluding tert-OH is 1. The average Bonchev–Trinajstić information content (AvgIpc) is 0.787. The molecule has 0 aliphatic heterocycles. The molecule has 104 heavy (non-hydrogen) atoms. The standard InChI is InChI=1S/C38H48N8O6.C25H29N3O3.C13H19N5O3/c1-5-13-33(47)43-32-24-31(28-14-9-10-15-29(28)35(32)49)42-30-17-16-27(22-25(30)3)46(6-2)20-21-52-38(51)40-19-12-8-7-11-18-39-37(50)45-36-41-26(4)23-34(48)44-36;1-4-8-24(30)27-23-16-22(19-9-6-7-10-20(19)25(23)31)26-21-12-11-18(15-17(21)3)28(5-2)13-14-29;1-10-8-11(20)17-12(16-10)18-13(21)15-7-5-3-2-4-6-14-9-19/h9-10,14-17,22-24H,5-8,11-13,18-21H2,1-4H3,(H,40,51)(H,43,47)(H3,39,41,44,45,48,50);6-7,9-12,15-16,29H,4-5,8,13-14H2,1-3H3,(H,27,30);8H,2-7H2,1H3,(H3,15,16,17,18,20,21). The highest BCUT2D eigenvalue weighted by molar-refractivity contribution is 6.28. The predicted octanol–water partition coefficient (Wildman–Crippen LogP) is 10.5. The van der Waals surface area contributed by atoms with E-state index in [0.717, 1.165) is 97.4 Å². The highest BCUT2D eigenvalue weighted by atomic mass is 16.5. The zero-order valence-electron chi connectivity index (χ0n) is 60.5. The van der Waals surface area contributed by atoms with Crippen LogP contribution < -0.4 is 58.1 Å². The molecule has 2 aliphatic rings. The number of Topliss-reactive ketones (excluding diaryl/α,β-unsaturated/α-hetero) is 2. The molecule has 4 aromatic carbocycles. The number of ketones is 2. The molecule has 7 amide bonds. The fraction of sp³-hybridized carbons (Fsp3) is 0.395. The van der Waals surface area contributed by atoms with Crippen molar-refractivity contribution in [2.45, 2.75) is 132 Å². The van der Waals surface area contributed by atoms with Crippen LogP contribution in [-0.4, -0.2) is 150 Å². The molecule has 2 aromatic heterocycles. The Balaban J connectivity index is 0.000000274. The molecule has 0 unspecified atom stereocenters. The molecule has 0 saturated carbocycles. The van der Waals surface area contributed by atoms with Crippen molar-refractivity contribution in [1.82, 2.24) is 46.5 Å². The van der Waals surface area contributed by atoms with Crippen molar-refractivity contribution in [3.8, 4) is 0 Å². The summed E-state index contributed by atoms with van der Waals surface area (Å²) in [7, 11) is 0. The number of nitrogens with zero attached hydrogens (tertiary/aromatic N) is 7. The van der Waals surface area contributed by atoms with E-state index in [1.807, 2.05) is 108 Å². The number of hydrogen-bond acceptors (Lipinski definition) is 19. The van der Waals surface area contributed by atoms with Crippen molar-refractivity contribution in [2.75, 3.05) is 86.0 Å². The van der Waals surface area contributed by atoms with Crippen molar-refractivity contribution < 1.29 is 48.2 Å². The third kappa shape index (κ3) is 26.8. The summed E-state index contributed by atoms with van der Waals surface area (Å²) in [5, 5.41) is 27.9. The van der Waals surface area contributed by atoms with E-state index in [0.29, 0.717) is 111 Å². The van der Waals surface area contributed by atoms with Gasteiger partial charge in [0, 0.05) is 109 Å². The third-order valence-electron chi connectivity index (χ3n) is 16.2. The fourth-order valence-corrected chi connectivity index (χ4v) is 10.9. The number of isocyanates is 1. The smallest absolute Gasteiger partial charge is 0.407 e. The lowest BCUT2D eigenvalue weighted by atomic mass is 9.92. The monoisotopic (exact) mass is 1420 g/mol. The Labute approximate surface area is 605 Å². The minimum absolute atomic E-state index is 0.0963. The van der Waals surface area contributed by atoms with Crippen molar-refractivity contribution in [2.24, 2.45) is 15.0 Å². The topological polar surface area (TPSA) is 385 Å². The minimum Gasteiger partial charge on any atom is -0.448 e. The van der Waals surface area contributed by atoms with Gasteiger partial charge >= 0.3 is 18.2 Å². The Bertz CT molecular complexity index is 4270. The van der Waals surface area contributed by atoms with E-state index >= 15 is 0 Å². The summed E-state index contributed by atoms with van der Waals surface area (Å²) in [6, 6.07) is 28.3. The van der Waals surface area contributed by atoms with Crippen LogP contribution in [0.4, 0.5) is 49.0 Å². The normalized spacial score (nSPS) is 12.6. The first-order valence-electron chi connectivity index (χ1n) is 35.2. The second-order valence-electron chi connectivity index (χ2n) is 24.4. The Morgan fingerprint density at radius 3 is 1.36 bits per heavy atom. The molecule has 0 bridgehead atoms. The van der Waals surface area contributed by atoms with Gasteiger partial charge in [-0.25, -0.2) is 44.1 Å². The molecule has 0 spiro atoms. The number of aryl methyl sites for hydroxylation is 4. The van der Waals surface area contributed by atoms with Crippen LogP contribution >= 0.6 is 0 Å². The van der Waals surface area contributed by atoms with E-state index in [1.54, 1.807) is 44.2 Å². The van der Waals surface area contributed by atoms with Gasteiger partial charge in [-0.05, 0) is 140 Å². The van der Waals surface area contributed by atoms with Gasteiger partial charge in [-0.15, -0.1) is 0 Å². The van der Waals surface area contributed by atoms with Crippen molar-refractivity contribution in [3.63, 3.8) is 0 Å². The molecule has 2 heterocycles. The largest absolute Gasteiger partial charge is 0.448 e. The first-order valence-corrected chi connectivity index (χ1v) is 35.2. The van der Waals surface area contributed by atoms with Crippen LogP contribution in [0, 0.1) is 27.7 Å². The van der Waals surface area contributed by atoms with Gasteiger partial charge in [0.1, 0.15) is 6.61 Å². The van der Waals surface area contributed by atoms with Gasteiger partial charge in [0.05, 0.1) is 53.9 Å². The number of alkyl carbamates (subject to hydrolysis) is 1. The maximum Gasteiger partial charge on any atom is 0.407 e. The molecule has 10 N–H and O–H groups in total. The van der Waals surface area contributed by atoms with Gasteiger partial charge < -0.3 is 46.2 Å². The minimum atomic E-state index is -0.468. The van der Waals surface area contributed by atoms with Gasteiger partial charge in [0.2, 0.25) is 41.4 Å². The number of carbonyl (C=O) groups is 7. The van der Waals surface area contributed by atoms with E-state index in [2.05, 4.69) is 71.9 Å². The number of aromatic nitrogens is 4. The molecule has 28 nitrogen and oxygen atoms in total. The molecule has 6 aromatic rings. The Morgan fingerprint density at radius 2 is 0.952 bits per heavy atom. The number of aliphatic imine (C=N–C) groups is 3. The van der Waals surface area contributed by atoms with Crippen LogP contribution in [0.1, 0.15) is 159 Å². The summed E-state index contributed by atoms with van der Waals surface area (Å²) >= 11 is 0. The lowest BCUT2D eigenvalue weighted by molar-refractivity contribution is -0.121. The second-order valence-corrected chi connectivity index (χ2v) is 24.4. The number of unbranched alkanes of at least 4 members (excludes halogenated alkanes) is 6. The van der Waals surface area contributed by atoms with Gasteiger partial charge in [-0.1, -0.05) is 88.1 Å². The molecule has 28 heteroatoms. The lowest BCUT2D eigenvalue weighted by Gasteiger charge is -2.24. The molecule has 552 valence electrons. The number of amides is 7. The van der Waals surface area contributed by atoms with Gasteiger partial charge in [0.25, 0.3) is 11.1 Å². The van der Waals surface area contributed by atoms with Crippen LogP contribution in [-0.2, 0) is 19.1 Å². The number of aromatic amines is 2. The summed E-state index contributed by atoms with van der Waals surface area (Å²) in [5.41, 5.74) is 10.0. The number of rotatable bonds is 33. The van der Waals surface area contributed by atoms with Gasteiger partial charge in [-0.2, -0.15) is 0 Å². The maximum absolute atomic E-state index is 13.1.